The van der Waals surface area contributed by atoms with E-state index in [2.05, 4.69) is 17.2 Å². The van der Waals surface area contributed by atoms with Gasteiger partial charge in [0.2, 0.25) is 0 Å². The molecule has 0 aromatic heterocycles. The molecule has 0 atom stereocenters. The van der Waals surface area contributed by atoms with Gasteiger partial charge in [-0.3, -0.25) is 0 Å². The van der Waals surface area contributed by atoms with Crippen molar-refractivity contribution in [3.63, 3.8) is 0 Å². The normalized spacial score (nSPS) is 27.8. The van der Waals surface area contributed by atoms with Gasteiger partial charge in [0.1, 0.15) is 0 Å². The fourth-order valence-electron chi connectivity index (χ4n) is 1.98. The van der Waals surface area contributed by atoms with Gasteiger partial charge in [0.05, 0.1) is 5.88 Å². The average Bonchev–Trinajstić information content (AvgIpc) is 2.17. The molecule has 1 nitrogen and oxygen atoms in total. The standard InChI is InChI=1S/C11H18ClN/c1-13-9-11-6-4-10(5-7-11)3-2-8-12/h10-11,13H,4-9H2,1H3. The number of hydrogen-bond acceptors (Lipinski definition) is 1. The van der Waals surface area contributed by atoms with E-state index in [1.807, 2.05) is 7.05 Å². The van der Waals surface area contributed by atoms with Crippen LogP contribution in [-0.4, -0.2) is 19.5 Å². The Morgan fingerprint density at radius 1 is 1.31 bits per heavy atom. The predicted octanol–water partition coefficient (Wildman–Crippen LogP) is 2.25. The lowest BCUT2D eigenvalue weighted by molar-refractivity contribution is 0.311. The minimum Gasteiger partial charge on any atom is -0.319 e. The van der Waals surface area contributed by atoms with Crippen LogP contribution < -0.4 is 5.32 Å². The summed E-state index contributed by atoms with van der Waals surface area (Å²) in [5, 5.41) is 3.24. The maximum Gasteiger partial charge on any atom is 0.0835 e. The monoisotopic (exact) mass is 199 g/mol. The molecular formula is C11H18ClN. The molecule has 0 aliphatic heterocycles. The maximum atomic E-state index is 5.52. The van der Waals surface area contributed by atoms with E-state index in [1.165, 1.54) is 25.7 Å². The van der Waals surface area contributed by atoms with Crippen molar-refractivity contribution in [1.29, 1.82) is 0 Å². The molecule has 0 saturated heterocycles. The highest BCUT2D eigenvalue weighted by atomic mass is 35.5. The third-order valence-corrected chi connectivity index (χ3v) is 2.85. The maximum absolute atomic E-state index is 5.52. The molecule has 74 valence electrons. The molecule has 0 unspecified atom stereocenters. The van der Waals surface area contributed by atoms with Gasteiger partial charge < -0.3 is 5.32 Å². The Labute approximate surface area is 86.2 Å². The van der Waals surface area contributed by atoms with E-state index in [1.54, 1.807) is 0 Å². The van der Waals surface area contributed by atoms with Gasteiger partial charge in [0.15, 0.2) is 0 Å². The molecular weight excluding hydrogens is 182 g/mol. The van der Waals surface area contributed by atoms with Crippen LogP contribution in [0.3, 0.4) is 0 Å². The predicted molar refractivity (Wildman–Crippen MR) is 57.9 cm³/mol. The molecule has 13 heavy (non-hydrogen) atoms. The average molecular weight is 200 g/mol. The first-order valence-corrected chi connectivity index (χ1v) is 5.59. The second kappa shape index (κ2) is 6.29. The summed E-state index contributed by atoms with van der Waals surface area (Å²) >= 11 is 5.52. The van der Waals surface area contributed by atoms with Crippen molar-refractivity contribution in [2.24, 2.45) is 11.8 Å². The number of nitrogens with one attached hydrogen (secondary N) is 1. The Morgan fingerprint density at radius 2 is 2.00 bits per heavy atom. The van der Waals surface area contributed by atoms with E-state index < -0.39 is 0 Å². The number of halogens is 1. The minimum atomic E-state index is 0.483. The molecule has 1 N–H and O–H groups in total. The third-order valence-electron chi connectivity index (χ3n) is 2.71. The number of rotatable bonds is 2. The second-order valence-corrected chi connectivity index (χ2v) is 4.00. The lowest BCUT2D eigenvalue weighted by Crippen LogP contribution is -2.23. The van der Waals surface area contributed by atoms with E-state index in [4.69, 9.17) is 11.6 Å². The fraction of sp³-hybridized carbons (Fsp3) is 0.818. The van der Waals surface area contributed by atoms with Crippen molar-refractivity contribution < 1.29 is 0 Å². The molecule has 0 aromatic carbocycles. The van der Waals surface area contributed by atoms with Crippen molar-refractivity contribution in [2.45, 2.75) is 25.7 Å². The second-order valence-electron chi connectivity index (χ2n) is 3.73. The summed E-state index contributed by atoms with van der Waals surface area (Å²) in [5.41, 5.74) is 0. The molecule has 0 radical (unpaired) electrons. The smallest absolute Gasteiger partial charge is 0.0835 e. The Hall–Kier alpha value is -0.190. The molecule has 1 saturated carbocycles. The summed E-state index contributed by atoms with van der Waals surface area (Å²) in [5.74, 6) is 8.17. The van der Waals surface area contributed by atoms with Crippen molar-refractivity contribution >= 4 is 11.6 Å². The largest absolute Gasteiger partial charge is 0.319 e. The zero-order valence-electron chi connectivity index (χ0n) is 8.28. The molecule has 0 heterocycles. The Bertz CT molecular complexity index is 184. The highest BCUT2D eigenvalue weighted by Gasteiger charge is 2.18. The number of alkyl halides is 1. The summed E-state index contributed by atoms with van der Waals surface area (Å²) in [7, 11) is 2.03. The fourth-order valence-corrected chi connectivity index (χ4v) is 2.06. The van der Waals surface area contributed by atoms with Gasteiger partial charge in [0.25, 0.3) is 0 Å². The molecule has 1 aliphatic rings. The van der Waals surface area contributed by atoms with Crippen LogP contribution in [0.4, 0.5) is 0 Å². The molecule has 0 aromatic rings. The summed E-state index contributed by atoms with van der Waals surface area (Å²) in [4.78, 5) is 0. The van der Waals surface area contributed by atoms with Crippen LogP contribution in [-0.2, 0) is 0 Å². The Morgan fingerprint density at radius 3 is 2.54 bits per heavy atom. The summed E-state index contributed by atoms with van der Waals surface area (Å²) in [6, 6.07) is 0. The quantitative estimate of drug-likeness (QED) is 0.532. The highest BCUT2D eigenvalue weighted by molar-refractivity contribution is 6.19. The van der Waals surface area contributed by atoms with Gasteiger partial charge in [-0.1, -0.05) is 11.8 Å². The zero-order valence-corrected chi connectivity index (χ0v) is 9.03. The lowest BCUT2D eigenvalue weighted by atomic mass is 9.82. The van der Waals surface area contributed by atoms with E-state index in [9.17, 15) is 0 Å². The van der Waals surface area contributed by atoms with Crippen LogP contribution in [0.25, 0.3) is 0 Å². The van der Waals surface area contributed by atoms with Gasteiger partial charge >= 0.3 is 0 Å². The molecule has 0 amide bonds. The van der Waals surface area contributed by atoms with Gasteiger partial charge in [-0.2, -0.15) is 0 Å². The highest BCUT2D eigenvalue weighted by Crippen LogP contribution is 2.27. The topological polar surface area (TPSA) is 12.0 Å². The first kappa shape index (κ1) is 10.9. The Balaban J connectivity index is 2.22. The van der Waals surface area contributed by atoms with Crippen molar-refractivity contribution in [3.8, 4) is 11.8 Å². The molecule has 0 spiro atoms. The first-order valence-electron chi connectivity index (χ1n) is 5.05. The van der Waals surface area contributed by atoms with Crippen molar-refractivity contribution in [2.75, 3.05) is 19.5 Å². The van der Waals surface area contributed by atoms with Crippen LogP contribution in [0.5, 0.6) is 0 Å². The van der Waals surface area contributed by atoms with Crippen LogP contribution in [0.1, 0.15) is 25.7 Å². The van der Waals surface area contributed by atoms with E-state index >= 15 is 0 Å². The first-order chi connectivity index (χ1) is 6.36. The SMILES string of the molecule is CNCC1CCC(C#CCCl)CC1. The van der Waals surface area contributed by atoms with Crippen LogP contribution in [0, 0.1) is 23.7 Å². The third kappa shape index (κ3) is 4.02. The van der Waals surface area contributed by atoms with Crippen molar-refractivity contribution in [1.82, 2.24) is 5.32 Å². The summed E-state index contributed by atoms with van der Waals surface area (Å²) in [6.07, 6.45) is 5.16. The van der Waals surface area contributed by atoms with E-state index in [-0.39, 0.29) is 0 Å². The van der Waals surface area contributed by atoms with Gasteiger partial charge in [-0.25, -0.2) is 0 Å². The molecule has 0 bridgehead atoms. The summed E-state index contributed by atoms with van der Waals surface area (Å²) in [6.45, 7) is 1.16. The molecule has 1 aliphatic carbocycles. The van der Waals surface area contributed by atoms with Crippen LogP contribution in [0.15, 0.2) is 0 Å². The molecule has 1 fully saturated rings. The van der Waals surface area contributed by atoms with Gasteiger partial charge in [0, 0.05) is 5.92 Å². The minimum absolute atomic E-state index is 0.483. The van der Waals surface area contributed by atoms with Crippen LogP contribution in [0.2, 0.25) is 0 Å². The summed E-state index contributed by atoms with van der Waals surface area (Å²) < 4.78 is 0. The van der Waals surface area contributed by atoms with E-state index in [0.29, 0.717) is 11.8 Å². The van der Waals surface area contributed by atoms with Gasteiger partial charge in [-0.15, -0.1) is 11.6 Å². The molecule has 2 heteroatoms. The Kier molecular flexibility index (Phi) is 5.27. The number of hydrogen-bond donors (Lipinski definition) is 1. The molecule has 1 rings (SSSR count). The lowest BCUT2D eigenvalue weighted by Gasteiger charge is -2.25. The van der Waals surface area contributed by atoms with Gasteiger partial charge in [-0.05, 0) is 45.2 Å². The van der Waals surface area contributed by atoms with Crippen molar-refractivity contribution in [3.05, 3.63) is 0 Å². The van der Waals surface area contributed by atoms with E-state index in [0.717, 1.165) is 12.5 Å². The van der Waals surface area contributed by atoms with Crippen LogP contribution >= 0.6 is 11.6 Å². The zero-order chi connectivity index (χ0) is 9.52.